The number of carboxylic acid groups (broad SMARTS) is 1. The van der Waals surface area contributed by atoms with Crippen LogP contribution in [-0.4, -0.2) is 28.6 Å². The van der Waals surface area contributed by atoms with Gasteiger partial charge in [-0.2, -0.15) is 0 Å². The highest BCUT2D eigenvalue weighted by Gasteiger charge is 2.16. The predicted octanol–water partition coefficient (Wildman–Crippen LogP) is 2.43. The topological polar surface area (TPSA) is 88.5 Å². The minimum absolute atomic E-state index is 0.0211. The van der Waals surface area contributed by atoms with Gasteiger partial charge in [-0.15, -0.1) is 0 Å². The number of hydrogen-bond acceptors (Lipinski definition) is 4. The van der Waals surface area contributed by atoms with Gasteiger partial charge in [0.15, 0.2) is 0 Å². The van der Waals surface area contributed by atoms with E-state index in [1.165, 1.54) is 18.5 Å². The third-order valence-corrected chi connectivity index (χ3v) is 2.73. The van der Waals surface area contributed by atoms with E-state index in [1.54, 1.807) is 24.3 Å². The zero-order chi connectivity index (χ0) is 15.2. The summed E-state index contributed by atoms with van der Waals surface area (Å²) in [6.45, 7) is 2.25. The zero-order valence-electron chi connectivity index (χ0n) is 11.4. The number of anilines is 1. The number of nitrogens with zero attached hydrogens (tertiary/aromatic N) is 1. The smallest absolute Gasteiger partial charge is 0.337 e. The average Bonchev–Trinajstić information content (AvgIpc) is 2.48. The van der Waals surface area contributed by atoms with Gasteiger partial charge in [-0.25, -0.2) is 4.79 Å². The van der Waals surface area contributed by atoms with Gasteiger partial charge in [-0.05, 0) is 25.1 Å². The number of carbonyl (C=O) groups is 2. The fraction of sp³-hybridized carbons (Fsp3) is 0.133. The maximum atomic E-state index is 12.3. The molecule has 6 nitrogen and oxygen atoms in total. The number of para-hydroxylation sites is 1. The highest BCUT2D eigenvalue weighted by Crippen LogP contribution is 2.21. The molecule has 0 aliphatic rings. The van der Waals surface area contributed by atoms with E-state index in [1.807, 2.05) is 6.92 Å². The number of amides is 1. The number of pyridine rings is 1. The van der Waals surface area contributed by atoms with Gasteiger partial charge in [0.1, 0.15) is 5.75 Å². The maximum Gasteiger partial charge on any atom is 0.337 e. The maximum absolute atomic E-state index is 12.3. The van der Waals surface area contributed by atoms with Crippen LogP contribution in [0.1, 0.15) is 27.6 Å². The number of rotatable bonds is 5. The van der Waals surface area contributed by atoms with Gasteiger partial charge in [0.2, 0.25) is 0 Å². The molecule has 1 amide bonds. The number of hydrogen-bond donors (Lipinski definition) is 2. The van der Waals surface area contributed by atoms with Crippen LogP contribution < -0.4 is 10.1 Å². The summed E-state index contributed by atoms with van der Waals surface area (Å²) in [7, 11) is 0. The van der Waals surface area contributed by atoms with Gasteiger partial charge in [-0.1, -0.05) is 12.1 Å². The van der Waals surface area contributed by atoms with Gasteiger partial charge < -0.3 is 15.2 Å². The van der Waals surface area contributed by atoms with Crippen LogP contribution in [0.5, 0.6) is 5.75 Å². The van der Waals surface area contributed by atoms with E-state index < -0.39 is 11.9 Å². The van der Waals surface area contributed by atoms with Crippen LogP contribution in [0.4, 0.5) is 5.69 Å². The van der Waals surface area contributed by atoms with Crippen LogP contribution in [0, 0.1) is 0 Å². The second-order valence-corrected chi connectivity index (χ2v) is 4.11. The molecule has 0 spiro atoms. The molecule has 0 radical (unpaired) electrons. The number of aromatic carboxylic acids is 1. The highest BCUT2D eigenvalue weighted by atomic mass is 16.5. The lowest BCUT2D eigenvalue weighted by Gasteiger charge is -2.11. The van der Waals surface area contributed by atoms with E-state index in [4.69, 9.17) is 9.84 Å². The molecular formula is C15H14N2O4. The summed E-state index contributed by atoms with van der Waals surface area (Å²) in [4.78, 5) is 27.2. The Balaban J connectivity index is 2.29. The fourth-order valence-electron chi connectivity index (χ4n) is 1.81. The number of carboxylic acids is 1. The van der Waals surface area contributed by atoms with Gasteiger partial charge in [0, 0.05) is 6.20 Å². The summed E-state index contributed by atoms with van der Waals surface area (Å²) in [6, 6.07) is 8.08. The normalized spacial score (nSPS) is 9.95. The molecule has 0 aliphatic carbocycles. The van der Waals surface area contributed by atoms with Crippen molar-refractivity contribution in [1.29, 1.82) is 0 Å². The molecule has 0 unspecified atom stereocenters. The Hall–Kier alpha value is -2.89. The SMILES string of the molecule is CCOc1ccccc1C(=O)Nc1cnccc1C(=O)O. The number of aromatic nitrogens is 1. The van der Waals surface area contributed by atoms with Crippen molar-refractivity contribution in [3.8, 4) is 5.75 Å². The molecule has 108 valence electrons. The van der Waals surface area contributed by atoms with Crippen LogP contribution in [-0.2, 0) is 0 Å². The summed E-state index contributed by atoms with van der Waals surface area (Å²) in [5.74, 6) is -1.14. The molecule has 0 saturated carbocycles. The van der Waals surface area contributed by atoms with Crippen molar-refractivity contribution in [2.24, 2.45) is 0 Å². The van der Waals surface area contributed by atoms with Crippen LogP contribution in [0.25, 0.3) is 0 Å². The molecule has 0 fully saturated rings. The summed E-state index contributed by atoms with van der Waals surface area (Å²) >= 11 is 0. The molecule has 21 heavy (non-hydrogen) atoms. The number of nitrogens with one attached hydrogen (secondary N) is 1. The lowest BCUT2D eigenvalue weighted by atomic mass is 10.1. The zero-order valence-corrected chi connectivity index (χ0v) is 11.4. The average molecular weight is 286 g/mol. The Morgan fingerprint density at radius 3 is 2.71 bits per heavy atom. The number of carbonyl (C=O) groups excluding carboxylic acids is 1. The lowest BCUT2D eigenvalue weighted by Crippen LogP contribution is -2.16. The summed E-state index contributed by atoms with van der Waals surface area (Å²) in [5, 5.41) is 11.6. The molecule has 0 saturated heterocycles. The van der Waals surface area contributed by atoms with Gasteiger partial charge in [0.25, 0.3) is 5.91 Å². The van der Waals surface area contributed by atoms with E-state index >= 15 is 0 Å². The molecule has 0 atom stereocenters. The van der Waals surface area contributed by atoms with Crippen molar-refractivity contribution in [2.75, 3.05) is 11.9 Å². The Kier molecular flexibility index (Phi) is 4.50. The predicted molar refractivity (Wildman–Crippen MR) is 76.8 cm³/mol. The summed E-state index contributed by atoms with van der Waals surface area (Å²) in [6.07, 6.45) is 2.65. The van der Waals surface area contributed by atoms with E-state index in [0.717, 1.165) is 0 Å². The van der Waals surface area contributed by atoms with Crippen molar-refractivity contribution in [2.45, 2.75) is 6.92 Å². The molecule has 0 bridgehead atoms. The van der Waals surface area contributed by atoms with E-state index in [2.05, 4.69) is 10.3 Å². The second kappa shape index (κ2) is 6.51. The first-order valence-corrected chi connectivity index (χ1v) is 6.34. The Morgan fingerprint density at radius 1 is 1.24 bits per heavy atom. The van der Waals surface area contributed by atoms with E-state index in [0.29, 0.717) is 17.9 Å². The van der Waals surface area contributed by atoms with Crippen LogP contribution >= 0.6 is 0 Å². The van der Waals surface area contributed by atoms with Crippen molar-refractivity contribution >= 4 is 17.6 Å². The fourth-order valence-corrected chi connectivity index (χ4v) is 1.81. The Morgan fingerprint density at radius 2 is 2.00 bits per heavy atom. The van der Waals surface area contributed by atoms with Crippen molar-refractivity contribution in [3.05, 3.63) is 53.9 Å². The number of benzene rings is 1. The quantitative estimate of drug-likeness (QED) is 0.881. The molecule has 2 aromatic rings. The van der Waals surface area contributed by atoms with Crippen molar-refractivity contribution < 1.29 is 19.4 Å². The minimum atomic E-state index is -1.13. The Bertz CT molecular complexity index is 670. The molecule has 1 aromatic heterocycles. The molecule has 2 rings (SSSR count). The highest BCUT2D eigenvalue weighted by molar-refractivity contribution is 6.08. The van der Waals surface area contributed by atoms with Crippen LogP contribution in [0.2, 0.25) is 0 Å². The summed E-state index contributed by atoms with van der Waals surface area (Å²) < 4.78 is 5.38. The number of ether oxygens (including phenoxy) is 1. The van der Waals surface area contributed by atoms with Crippen LogP contribution in [0.3, 0.4) is 0 Å². The third kappa shape index (κ3) is 3.36. The third-order valence-electron chi connectivity index (χ3n) is 2.73. The minimum Gasteiger partial charge on any atom is -0.493 e. The molecule has 6 heteroatoms. The van der Waals surface area contributed by atoms with Crippen molar-refractivity contribution in [3.63, 3.8) is 0 Å². The largest absolute Gasteiger partial charge is 0.493 e. The molecule has 1 aromatic carbocycles. The molecule has 2 N–H and O–H groups in total. The van der Waals surface area contributed by atoms with Crippen LogP contribution in [0.15, 0.2) is 42.7 Å². The molecular weight excluding hydrogens is 272 g/mol. The first kappa shape index (κ1) is 14.5. The van der Waals surface area contributed by atoms with Gasteiger partial charge in [-0.3, -0.25) is 9.78 Å². The Labute approximate surface area is 121 Å². The van der Waals surface area contributed by atoms with Gasteiger partial charge >= 0.3 is 5.97 Å². The van der Waals surface area contributed by atoms with E-state index in [-0.39, 0.29) is 11.3 Å². The first-order valence-electron chi connectivity index (χ1n) is 6.34. The second-order valence-electron chi connectivity index (χ2n) is 4.11. The first-order chi connectivity index (χ1) is 10.1. The van der Waals surface area contributed by atoms with E-state index in [9.17, 15) is 9.59 Å². The van der Waals surface area contributed by atoms with Gasteiger partial charge in [0.05, 0.1) is 29.6 Å². The molecule has 1 heterocycles. The lowest BCUT2D eigenvalue weighted by molar-refractivity contribution is 0.0698. The molecule has 0 aliphatic heterocycles. The summed E-state index contributed by atoms with van der Waals surface area (Å²) in [5.41, 5.74) is 0.452. The standard InChI is InChI=1S/C15H14N2O4/c1-2-21-13-6-4-3-5-11(13)14(18)17-12-9-16-8-7-10(12)15(19)20/h3-9H,2H2,1H3,(H,17,18)(H,19,20). The van der Waals surface area contributed by atoms with Crippen molar-refractivity contribution in [1.82, 2.24) is 4.98 Å². The monoisotopic (exact) mass is 286 g/mol.